The Kier molecular flexibility index (Phi) is 4.64. The first-order chi connectivity index (χ1) is 8.54. The van der Waals surface area contributed by atoms with Crippen LogP contribution in [0.5, 0.6) is 0 Å². The van der Waals surface area contributed by atoms with E-state index >= 15 is 0 Å². The van der Waals surface area contributed by atoms with Gasteiger partial charge in [0.15, 0.2) is 0 Å². The minimum absolute atomic E-state index is 0.533. The lowest BCUT2D eigenvalue weighted by Crippen LogP contribution is -2.46. The van der Waals surface area contributed by atoms with Crippen molar-refractivity contribution in [2.24, 2.45) is 5.92 Å². The molecule has 18 heavy (non-hydrogen) atoms. The molecule has 5 nitrogen and oxygen atoms in total. The van der Waals surface area contributed by atoms with Crippen LogP contribution in [-0.2, 0) is 10.2 Å². The van der Waals surface area contributed by atoms with E-state index in [-0.39, 0.29) is 0 Å². The van der Waals surface area contributed by atoms with Gasteiger partial charge < -0.3 is 5.32 Å². The Morgan fingerprint density at radius 1 is 1.22 bits per heavy atom. The summed E-state index contributed by atoms with van der Waals surface area (Å²) in [6.45, 7) is 4.80. The molecule has 6 heteroatoms. The number of piperidine rings is 1. The molecule has 0 atom stereocenters. The summed E-state index contributed by atoms with van der Waals surface area (Å²) >= 11 is 0. The maximum absolute atomic E-state index is 12.1. The van der Waals surface area contributed by atoms with Crippen molar-refractivity contribution in [3.63, 3.8) is 0 Å². The van der Waals surface area contributed by atoms with Gasteiger partial charge in [0.05, 0.1) is 0 Å². The van der Waals surface area contributed by atoms with Crippen molar-refractivity contribution in [3.05, 3.63) is 0 Å². The van der Waals surface area contributed by atoms with Crippen molar-refractivity contribution in [2.75, 3.05) is 33.2 Å². The van der Waals surface area contributed by atoms with Gasteiger partial charge in [0.2, 0.25) is 0 Å². The maximum Gasteiger partial charge on any atom is 0.281 e. The van der Waals surface area contributed by atoms with E-state index in [1.165, 1.54) is 17.1 Å². The Balaban J connectivity index is 1.78. The molecule has 0 amide bonds. The third kappa shape index (κ3) is 3.44. The van der Waals surface area contributed by atoms with E-state index in [0.717, 1.165) is 25.4 Å². The lowest BCUT2D eigenvalue weighted by molar-refractivity contribution is 0.254. The minimum atomic E-state index is -3.21. The molecule has 1 saturated carbocycles. The highest BCUT2D eigenvalue weighted by Gasteiger charge is 2.31. The monoisotopic (exact) mass is 275 g/mol. The van der Waals surface area contributed by atoms with Crippen LogP contribution < -0.4 is 5.32 Å². The average Bonchev–Trinajstić information content (AvgIpc) is 3.20. The number of nitrogens with zero attached hydrogens (tertiary/aromatic N) is 2. The smallest absolute Gasteiger partial charge is 0.281 e. The molecule has 2 fully saturated rings. The highest BCUT2D eigenvalue weighted by molar-refractivity contribution is 7.86. The molecule has 0 bridgehead atoms. The summed E-state index contributed by atoms with van der Waals surface area (Å²) in [5.74, 6) is 0.643. The van der Waals surface area contributed by atoms with Gasteiger partial charge in [-0.15, -0.1) is 0 Å². The van der Waals surface area contributed by atoms with Crippen LogP contribution in [0.4, 0.5) is 0 Å². The Labute approximate surface area is 111 Å². The molecule has 1 aliphatic heterocycles. The zero-order chi connectivity index (χ0) is 13.2. The number of nitrogens with one attached hydrogen (secondary N) is 1. The summed E-state index contributed by atoms with van der Waals surface area (Å²) < 4.78 is 27.3. The summed E-state index contributed by atoms with van der Waals surface area (Å²) in [7, 11) is -1.56. The molecule has 0 unspecified atom stereocenters. The first kappa shape index (κ1) is 14.2. The molecule has 0 spiro atoms. The second-order valence-electron chi connectivity index (χ2n) is 5.45. The molecule has 1 saturated heterocycles. The first-order valence-corrected chi connectivity index (χ1v) is 8.38. The molecular formula is C12H25N3O2S. The van der Waals surface area contributed by atoms with Crippen molar-refractivity contribution in [1.29, 1.82) is 0 Å². The van der Waals surface area contributed by atoms with Crippen LogP contribution in [-0.4, -0.2) is 56.3 Å². The average molecular weight is 275 g/mol. The second kappa shape index (κ2) is 5.86. The van der Waals surface area contributed by atoms with Gasteiger partial charge in [0.1, 0.15) is 0 Å². The van der Waals surface area contributed by atoms with Gasteiger partial charge in [-0.2, -0.15) is 17.0 Å². The van der Waals surface area contributed by atoms with E-state index in [2.05, 4.69) is 5.32 Å². The fourth-order valence-electron chi connectivity index (χ4n) is 2.33. The van der Waals surface area contributed by atoms with Crippen LogP contribution in [0.2, 0.25) is 0 Å². The Morgan fingerprint density at radius 2 is 1.83 bits per heavy atom. The molecule has 1 N–H and O–H groups in total. The molecular weight excluding hydrogens is 250 g/mol. The number of rotatable bonds is 6. The molecule has 0 aromatic carbocycles. The number of hydrogen-bond donors (Lipinski definition) is 1. The summed E-state index contributed by atoms with van der Waals surface area (Å²) in [5.41, 5.74) is 0. The number of hydrogen-bond acceptors (Lipinski definition) is 3. The molecule has 1 aliphatic carbocycles. The predicted octanol–water partition coefficient (Wildman–Crippen LogP) is 0.647. The van der Waals surface area contributed by atoms with Crippen molar-refractivity contribution < 1.29 is 8.42 Å². The normalized spacial score (nSPS) is 23.7. The highest BCUT2D eigenvalue weighted by Crippen LogP contribution is 2.23. The fourth-order valence-corrected chi connectivity index (χ4v) is 3.72. The lowest BCUT2D eigenvalue weighted by Gasteiger charge is -2.33. The van der Waals surface area contributed by atoms with Gasteiger partial charge in [-0.25, -0.2) is 0 Å². The summed E-state index contributed by atoms with van der Waals surface area (Å²) in [5, 5.41) is 3.54. The zero-order valence-electron chi connectivity index (χ0n) is 11.4. The van der Waals surface area contributed by atoms with E-state index in [1.54, 1.807) is 11.4 Å². The Bertz CT molecular complexity index is 360. The molecule has 2 aliphatic rings. The molecule has 1 heterocycles. The second-order valence-corrected chi connectivity index (χ2v) is 7.48. The van der Waals surface area contributed by atoms with Gasteiger partial charge >= 0.3 is 0 Å². The van der Waals surface area contributed by atoms with Gasteiger partial charge in [-0.1, -0.05) is 6.92 Å². The SMILES string of the molecule is CCN(C)S(=O)(=O)N1CCC(CNC2CC2)CC1. The molecule has 106 valence electrons. The quantitative estimate of drug-likeness (QED) is 0.774. The highest BCUT2D eigenvalue weighted by atomic mass is 32.2. The van der Waals surface area contributed by atoms with Crippen molar-refractivity contribution in [3.8, 4) is 0 Å². The Hall–Kier alpha value is -0.170. The largest absolute Gasteiger partial charge is 0.314 e. The van der Waals surface area contributed by atoms with Crippen molar-refractivity contribution >= 4 is 10.2 Å². The first-order valence-electron chi connectivity index (χ1n) is 6.98. The van der Waals surface area contributed by atoms with Crippen LogP contribution in [0, 0.1) is 5.92 Å². The Morgan fingerprint density at radius 3 is 2.33 bits per heavy atom. The van der Waals surface area contributed by atoms with Crippen LogP contribution in [0.3, 0.4) is 0 Å². The van der Waals surface area contributed by atoms with Crippen LogP contribution in [0.1, 0.15) is 32.6 Å². The van der Waals surface area contributed by atoms with Crippen molar-refractivity contribution in [2.45, 2.75) is 38.6 Å². The van der Waals surface area contributed by atoms with Crippen LogP contribution in [0.15, 0.2) is 0 Å². The van der Waals surface area contributed by atoms with Crippen LogP contribution in [0.25, 0.3) is 0 Å². The van der Waals surface area contributed by atoms with E-state index in [4.69, 9.17) is 0 Å². The maximum atomic E-state index is 12.1. The summed E-state index contributed by atoms with van der Waals surface area (Å²) in [6.07, 6.45) is 4.59. The molecule has 2 rings (SSSR count). The van der Waals surface area contributed by atoms with E-state index in [1.807, 2.05) is 6.92 Å². The third-order valence-corrected chi connectivity index (χ3v) is 6.08. The van der Waals surface area contributed by atoms with Gasteiger partial charge in [-0.3, -0.25) is 0 Å². The lowest BCUT2D eigenvalue weighted by atomic mass is 9.98. The summed E-state index contributed by atoms with van der Waals surface area (Å²) in [6, 6.07) is 0.748. The molecule has 0 aromatic rings. The minimum Gasteiger partial charge on any atom is -0.314 e. The molecule has 0 radical (unpaired) electrons. The van der Waals surface area contributed by atoms with Gasteiger partial charge in [0, 0.05) is 32.7 Å². The van der Waals surface area contributed by atoms with Crippen LogP contribution >= 0.6 is 0 Å². The third-order valence-electron chi connectivity index (χ3n) is 4.01. The van der Waals surface area contributed by atoms with Crippen molar-refractivity contribution in [1.82, 2.24) is 13.9 Å². The standard InChI is InChI=1S/C12H25N3O2S/c1-3-14(2)18(16,17)15-8-6-11(7-9-15)10-13-12-4-5-12/h11-13H,3-10H2,1-2H3. The van der Waals surface area contributed by atoms with Gasteiger partial charge in [0.25, 0.3) is 10.2 Å². The summed E-state index contributed by atoms with van der Waals surface area (Å²) in [4.78, 5) is 0. The van der Waals surface area contributed by atoms with E-state index in [9.17, 15) is 8.42 Å². The fraction of sp³-hybridized carbons (Fsp3) is 1.00. The predicted molar refractivity (Wildman–Crippen MR) is 72.5 cm³/mol. The zero-order valence-corrected chi connectivity index (χ0v) is 12.2. The topological polar surface area (TPSA) is 52.7 Å². The van der Waals surface area contributed by atoms with E-state index < -0.39 is 10.2 Å². The molecule has 0 aromatic heterocycles. The van der Waals surface area contributed by atoms with E-state index in [0.29, 0.717) is 25.6 Å². The van der Waals surface area contributed by atoms with Gasteiger partial charge in [-0.05, 0) is 38.1 Å².